The first kappa shape index (κ1) is 16.7. The second-order valence-electron chi connectivity index (χ2n) is 5.03. The number of hydrogen-bond acceptors (Lipinski definition) is 1. The van der Waals surface area contributed by atoms with E-state index >= 15 is 0 Å². The van der Waals surface area contributed by atoms with E-state index < -0.39 is 0 Å². The van der Waals surface area contributed by atoms with Crippen LogP contribution in [0.3, 0.4) is 0 Å². The normalized spacial score (nSPS) is 13.9. The van der Waals surface area contributed by atoms with Crippen LogP contribution >= 0.6 is 31.9 Å². The fraction of sp³-hybridized carbons (Fsp3) is 0.333. The van der Waals surface area contributed by atoms with Gasteiger partial charge in [0.1, 0.15) is 0 Å². The van der Waals surface area contributed by atoms with Gasteiger partial charge >= 0.3 is 0 Å². The minimum Gasteiger partial charge on any atom is -0.366 e. The molecule has 2 atom stereocenters. The molecule has 0 aliphatic carbocycles. The first-order chi connectivity index (χ1) is 10.1. The van der Waals surface area contributed by atoms with Crippen molar-refractivity contribution in [2.24, 2.45) is 0 Å². The monoisotopic (exact) mass is 410 g/mol. The van der Waals surface area contributed by atoms with Gasteiger partial charge in [-0.15, -0.1) is 0 Å². The zero-order chi connectivity index (χ0) is 15.2. The van der Waals surface area contributed by atoms with Gasteiger partial charge in [-0.05, 0) is 48.2 Å². The summed E-state index contributed by atoms with van der Waals surface area (Å²) in [7, 11) is 0. The van der Waals surface area contributed by atoms with Gasteiger partial charge in [-0.1, -0.05) is 70.0 Å². The molecule has 2 aromatic carbocycles. The molecule has 0 heterocycles. The van der Waals surface area contributed by atoms with Crippen LogP contribution in [0.1, 0.15) is 50.0 Å². The van der Waals surface area contributed by atoms with E-state index in [1.165, 1.54) is 11.1 Å². The van der Waals surface area contributed by atoms with E-state index in [1.807, 2.05) is 0 Å². The number of benzene rings is 2. The number of ether oxygens (including phenoxy) is 1. The molecule has 0 N–H and O–H groups in total. The lowest BCUT2D eigenvalue weighted by Gasteiger charge is -2.24. The van der Waals surface area contributed by atoms with E-state index in [4.69, 9.17) is 4.74 Å². The molecular weight excluding hydrogens is 392 g/mol. The standard InChI is InChI=1S/C18H20Br2O/c1-3-17(13-5-9-15(19)10-6-13)21-18(4-2)14-7-11-16(20)12-8-14/h5-12,17-18H,3-4H2,1-2H3. The minimum atomic E-state index is 0.131. The second-order valence-corrected chi connectivity index (χ2v) is 6.86. The van der Waals surface area contributed by atoms with Crippen LogP contribution in [0.4, 0.5) is 0 Å². The van der Waals surface area contributed by atoms with E-state index in [9.17, 15) is 0 Å². The first-order valence-corrected chi connectivity index (χ1v) is 8.89. The zero-order valence-corrected chi connectivity index (χ0v) is 15.5. The molecule has 3 heteroatoms. The fourth-order valence-corrected chi connectivity index (χ4v) is 2.90. The smallest absolute Gasteiger partial charge is 0.0830 e. The van der Waals surface area contributed by atoms with Crippen molar-refractivity contribution in [2.45, 2.75) is 38.9 Å². The number of halogens is 2. The Morgan fingerprint density at radius 1 is 0.714 bits per heavy atom. The Kier molecular flexibility index (Phi) is 6.46. The van der Waals surface area contributed by atoms with E-state index in [1.54, 1.807) is 0 Å². The lowest BCUT2D eigenvalue weighted by molar-refractivity contribution is -0.0192. The molecule has 0 fully saturated rings. The second kappa shape index (κ2) is 8.11. The molecule has 0 saturated carbocycles. The lowest BCUT2D eigenvalue weighted by atomic mass is 10.0. The van der Waals surface area contributed by atoms with Gasteiger partial charge in [-0.2, -0.15) is 0 Å². The molecule has 2 unspecified atom stereocenters. The Bertz CT molecular complexity index is 497. The maximum Gasteiger partial charge on any atom is 0.0830 e. The van der Waals surface area contributed by atoms with Crippen LogP contribution in [-0.4, -0.2) is 0 Å². The Labute approximate surface area is 144 Å². The molecule has 112 valence electrons. The summed E-state index contributed by atoms with van der Waals surface area (Å²) in [6, 6.07) is 16.8. The number of hydrogen-bond donors (Lipinski definition) is 0. The molecule has 2 aromatic rings. The maximum atomic E-state index is 6.37. The lowest BCUT2D eigenvalue weighted by Crippen LogP contribution is -2.09. The molecule has 0 saturated heterocycles. The molecule has 0 bridgehead atoms. The Balaban J connectivity index is 2.15. The third-order valence-electron chi connectivity index (χ3n) is 3.55. The van der Waals surface area contributed by atoms with Crippen molar-refractivity contribution in [1.82, 2.24) is 0 Å². The summed E-state index contributed by atoms with van der Waals surface area (Å²) in [5.41, 5.74) is 2.47. The highest BCUT2D eigenvalue weighted by Gasteiger charge is 2.17. The Morgan fingerprint density at radius 2 is 1.05 bits per heavy atom. The summed E-state index contributed by atoms with van der Waals surface area (Å²) in [5.74, 6) is 0. The van der Waals surface area contributed by atoms with Crippen LogP contribution < -0.4 is 0 Å². The molecule has 21 heavy (non-hydrogen) atoms. The van der Waals surface area contributed by atoms with Crippen molar-refractivity contribution in [3.05, 3.63) is 68.6 Å². The zero-order valence-electron chi connectivity index (χ0n) is 12.4. The highest BCUT2D eigenvalue weighted by Crippen LogP contribution is 2.32. The van der Waals surface area contributed by atoms with E-state index in [2.05, 4.69) is 94.2 Å². The third kappa shape index (κ3) is 4.67. The third-order valence-corrected chi connectivity index (χ3v) is 4.61. The molecule has 2 rings (SSSR count). The molecule has 0 radical (unpaired) electrons. The van der Waals surface area contributed by atoms with Crippen molar-refractivity contribution < 1.29 is 4.74 Å². The SMILES string of the molecule is CCC(OC(CC)c1ccc(Br)cc1)c1ccc(Br)cc1. The van der Waals surface area contributed by atoms with E-state index in [0.29, 0.717) is 0 Å². The molecule has 0 aliphatic rings. The van der Waals surface area contributed by atoms with Crippen LogP contribution in [0.2, 0.25) is 0 Å². The quantitative estimate of drug-likeness (QED) is 0.506. The van der Waals surface area contributed by atoms with Crippen LogP contribution in [-0.2, 0) is 4.74 Å². The van der Waals surface area contributed by atoms with Crippen molar-refractivity contribution in [3.63, 3.8) is 0 Å². The molecule has 0 spiro atoms. The minimum absolute atomic E-state index is 0.131. The van der Waals surface area contributed by atoms with Crippen LogP contribution in [0.15, 0.2) is 57.5 Å². The Hall–Kier alpha value is -0.640. The van der Waals surface area contributed by atoms with Gasteiger partial charge in [-0.3, -0.25) is 0 Å². The molecule has 0 aliphatic heterocycles. The number of rotatable bonds is 6. The maximum absolute atomic E-state index is 6.37. The summed E-state index contributed by atoms with van der Waals surface area (Å²) in [6.07, 6.45) is 2.20. The average Bonchev–Trinajstić information content (AvgIpc) is 2.51. The molecule has 1 nitrogen and oxygen atoms in total. The molecule has 0 amide bonds. The van der Waals surface area contributed by atoms with Gasteiger partial charge in [0, 0.05) is 8.95 Å². The molecule has 0 aromatic heterocycles. The summed E-state index contributed by atoms with van der Waals surface area (Å²) in [6.45, 7) is 4.34. The predicted octanol–water partition coefficient (Wildman–Crippen LogP) is 6.83. The average molecular weight is 412 g/mol. The van der Waals surface area contributed by atoms with Gasteiger partial charge in [0.25, 0.3) is 0 Å². The van der Waals surface area contributed by atoms with Gasteiger partial charge in [0.2, 0.25) is 0 Å². The van der Waals surface area contributed by atoms with Crippen LogP contribution in [0, 0.1) is 0 Å². The predicted molar refractivity (Wildman–Crippen MR) is 95.4 cm³/mol. The van der Waals surface area contributed by atoms with Crippen molar-refractivity contribution >= 4 is 31.9 Å². The summed E-state index contributed by atoms with van der Waals surface area (Å²) >= 11 is 6.96. The largest absolute Gasteiger partial charge is 0.366 e. The van der Waals surface area contributed by atoms with Crippen LogP contribution in [0.25, 0.3) is 0 Å². The highest BCUT2D eigenvalue weighted by atomic mass is 79.9. The van der Waals surface area contributed by atoms with E-state index in [0.717, 1.165) is 21.8 Å². The fourth-order valence-electron chi connectivity index (χ4n) is 2.37. The first-order valence-electron chi connectivity index (χ1n) is 7.30. The molecular formula is C18H20Br2O. The van der Waals surface area contributed by atoms with Gasteiger partial charge < -0.3 is 4.74 Å². The Morgan fingerprint density at radius 3 is 1.33 bits per heavy atom. The van der Waals surface area contributed by atoms with Gasteiger partial charge in [0.15, 0.2) is 0 Å². The van der Waals surface area contributed by atoms with Crippen molar-refractivity contribution in [3.8, 4) is 0 Å². The summed E-state index contributed by atoms with van der Waals surface area (Å²) < 4.78 is 8.57. The van der Waals surface area contributed by atoms with E-state index in [-0.39, 0.29) is 12.2 Å². The summed E-state index contributed by atoms with van der Waals surface area (Å²) in [5, 5.41) is 0. The van der Waals surface area contributed by atoms with Crippen LogP contribution in [0.5, 0.6) is 0 Å². The van der Waals surface area contributed by atoms with Gasteiger partial charge in [-0.25, -0.2) is 0 Å². The highest BCUT2D eigenvalue weighted by molar-refractivity contribution is 9.10. The van der Waals surface area contributed by atoms with Crippen molar-refractivity contribution in [2.75, 3.05) is 0 Å². The topological polar surface area (TPSA) is 9.23 Å². The van der Waals surface area contributed by atoms with Crippen molar-refractivity contribution in [1.29, 1.82) is 0 Å². The van der Waals surface area contributed by atoms with Gasteiger partial charge in [0.05, 0.1) is 12.2 Å². The summed E-state index contributed by atoms with van der Waals surface area (Å²) in [4.78, 5) is 0.